The first-order valence-corrected chi connectivity index (χ1v) is 9.39. The summed E-state index contributed by atoms with van der Waals surface area (Å²) in [6, 6.07) is 0. The summed E-state index contributed by atoms with van der Waals surface area (Å²) in [5.41, 5.74) is 0. The molecule has 1 aliphatic heterocycles. The molecule has 1 saturated heterocycles. The van der Waals surface area contributed by atoms with Gasteiger partial charge in [0.1, 0.15) is 6.61 Å². The maximum Gasteiger partial charge on any atom is 0.252 e. The molecule has 0 aromatic carbocycles. The molecule has 134 valence electrons. The van der Waals surface area contributed by atoms with Crippen LogP contribution in [0.3, 0.4) is 0 Å². The number of ether oxygens (including phenoxy) is 1. The van der Waals surface area contributed by atoms with Gasteiger partial charge in [-0.15, -0.1) is 0 Å². The molecule has 3 rings (SSSR count). The Morgan fingerprint density at radius 1 is 1.25 bits per heavy atom. The third kappa shape index (κ3) is 5.03. The minimum atomic E-state index is 0.0737. The SMILES string of the molecule is Cc1noc(COC2CCCN(C(=O)CCC3CCCCC3)C2)n1. The van der Waals surface area contributed by atoms with E-state index >= 15 is 0 Å². The zero-order chi connectivity index (χ0) is 16.8. The molecular weight excluding hydrogens is 306 g/mol. The molecule has 1 atom stereocenters. The minimum Gasteiger partial charge on any atom is -0.367 e. The summed E-state index contributed by atoms with van der Waals surface area (Å²) in [6.07, 6.45) is 10.5. The van der Waals surface area contributed by atoms with E-state index in [0.717, 1.165) is 31.7 Å². The second-order valence-corrected chi connectivity index (χ2v) is 7.19. The van der Waals surface area contributed by atoms with Gasteiger partial charge in [-0.1, -0.05) is 37.3 Å². The third-order valence-electron chi connectivity index (χ3n) is 5.23. The van der Waals surface area contributed by atoms with Crippen LogP contribution in [0.25, 0.3) is 0 Å². The van der Waals surface area contributed by atoms with Crippen LogP contribution in [0.15, 0.2) is 4.52 Å². The van der Waals surface area contributed by atoms with Crippen LogP contribution < -0.4 is 0 Å². The second-order valence-electron chi connectivity index (χ2n) is 7.19. The second kappa shape index (κ2) is 8.60. The van der Waals surface area contributed by atoms with Crippen LogP contribution in [-0.4, -0.2) is 40.1 Å². The predicted molar refractivity (Wildman–Crippen MR) is 89.2 cm³/mol. The summed E-state index contributed by atoms with van der Waals surface area (Å²) in [6.45, 7) is 3.68. The molecule has 1 aromatic rings. The van der Waals surface area contributed by atoms with Crippen molar-refractivity contribution in [3.8, 4) is 0 Å². The molecule has 6 heteroatoms. The normalized spacial score (nSPS) is 22.7. The topological polar surface area (TPSA) is 68.5 Å². The van der Waals surface area contributed by atoms with Crippen molar-refractivity contribution in [3.63, 3.8) is 0 Å². The Hall–Kier alpha value is -1.43. The number of hydrogen-bond acceptors (Lipinski definition) is 5. The molecule has 2 heterocycles. The summed E-state index contributed by atoms with van der Waals surface area (Å²) in [5, 5.41) is 3.76. The lowest BCUT2D eigenvalue weighted by atomic mass is 9.86. The number of piperidine rings is 1. The van der Waals surface area contributed by atoms with Crippen LogP contribution >= 0.6 is 0 Å². The number of likely N-dealkylation sites (tertiary alicyclic amines) is 1. The molecule has 1 unspecified atom stereocenters. The lowest BCUT2D eigenvalue weighted by Crippen LogP contribution is -2.43. The monoisotopic (exact) mass is 335 g/mol. The Labute approximate surface area is 143 Å². The Bertz CT molecular complexity index is 525. The standard InChI is InChI=1S/C18H29N3O3/c1-14-19-17(24-20-14)13-23-16-8-5-11-21(12-16)18(22)10-9-15-6-3-2-4-7-15/h15-16H,2-13H2,1H3. The van der Waals surface area contributed by atoms with Crippen molar-refractivity contribution in [2.24, 2.45) is 5.92 Å². The highest BCUT2D eigenvalue weighted by molar-refractivity contribution is 5.76. The Kier molecular flexibility index (Phi) is 6.24. The Morgan fingerprint density at radius 3 is 2.83 bits per heavy atom. The quantitative estimate of drug-likeness (QED) is 0.798. The van der Waals surface area contributed by atoms with Gasteiger partial charge in [0.05, 0.1) is 6.10 Å². The first kappa shape index (κ1) is 17.4. The lowest BCUT2D eigenvalue weighted by Gasteiger charge is -2.33. The number of carbonyl (C=O) groups is 1. The number of nitrogens with zero attached hydrogens (tertiary/aromatic N) is 3. The van der Waals surface area contributed by atoms with E-state index in [0.29, 0.717) is 37.2 Å². The van der Waals surface area contributed by atoms with Crippen molar-refractivity contribution >= 4 is 5.91 Å². The number of aromatic nitrogens is 2. The highest BCUT2D eigenvalue weighted by Gasteiger charge is 2.25. The van der Waals surface area contributed by atoms with Gasteiger partial charge in [-0.2, -0.15) is 4.98 Å². The molecule has 2 fully saturated rings. The third-order valence-corrected chi connectivity index (χ3v) is 5.23. The van der Waals surface area contributed by atoms with Gasteiger partial charge >= 0.3 is 0 Å². The van der Waals surface area contributed by atoms with Crippen LogP contribution in [-0.2, 0) is 16.1 Å². The maximum atomic E-state index is 12.5. The zero-order valence-electron chi connectivity index (χ0n) is 14.7. The van der Waals surface area contributed by atoms with Crippen LogP contribution in [0.5, 0.6) is 0 Å². The molecule has 1 amide bonds. The van der Waals surface area contributed by atoms with Crippen molar-refractivity contribution in [2.45, 2.75) is 77.4 Å². The van der Waals surface area contributed by atoms with Crippen molar-refractivity contribution in [1.82, 2.24) is 15.0 Å². The molecule has 0 radical (unpaired) electrons. The number of aryl methyl sites for hydroxylation is 1. The highest BCUT2D eigenvalue weighted by atomic mass is 16.5. The van der Waals surface area contributed by atoms with Gasteiger partial charge < -0.3 is 14.2 Å². The molecule has 2 aliphatic rings. The summed E-state index contributed by atoms with van der Waals surface area (Å²) >= 11 is 0. The molecule has 0 bridgehead atoms. The first-order valence-electron chi connectivity index (χ1n) is 9.39. The smallest absolute Gasteiger partial charge is 0.252 e. The molecule has 6 nitrogen and oxygen atoms in total. The molecule has 24 heavy (non-hydrogen) atoms. The van der Waals surface area contributed by atoms with Gasteiger partial charge in [-0.05, 0) is 32.1 Å². The van der Waals surface area contributed by atoms with E-state index in [1.54, 1.807) is 6.92 Å². The van der Waals surface area contributed by atoms with Gasteiger partial charge in [0.2, 0.25) is 5.91 Å². The Morgan fingerprint density at radius 2 is 2.08 bits per heavy atom. The Balaban J connectivity index is 1.39. The predicted octanol–water partition coefficient (Wildman–Crippen LogP) is 3.25. The first-order chi connectivity index (χ1) is 11.7. The van der Waals surface area contributed by atoms with Crippen LogP contribution in [0, 0.1) is 12.8 Å². The van der Waals surface area contributed by atoms with Crippen LogP contribution in [0.1, 0.15) is 69.5 Å². The van der Waals surface area contributed by atoms with Gasteiger partial charge in [0.25, 0.3) is 5.89 Å². The number of amides is 1. The zero-order valence-corrected chi connectivity index (χ0v) is 14.7. The summed E-state index contributed by atoms with van der Waals surface area (Å²) in [7, 11) is 0. The average Bonchev–Trinajstić information content (AvgIpc) is 3.04. The number of carbonyl (C=O) groups excluding carboxylic acids is 1. The van der Waals surface area contributed by atoms with Crippen molar-refractivity contribution in [2.75, 3.05) is 13.1 Å². The van der Waals surface area contributed by atoms with E-state index in [-0.39, 0.29) is 6.10 Å². The van der Waals surface area contributed by atoms with Gasteiger partial charge in [-0.25, -0.2) is 0 Å². The van der Waals surface area contributed by atoms with E-state index in [1.807, 2.05) is 4.90 Å². The van der Waals surface area contributed by atoms with Crippen LogP contribution in [0.2, 0.25) is 0 Å². The number of hydrogen-bond donors (Lipinski definition) is 0. The fourth-order valence-electron chi connectivity index (χ4n) is 3.85. The largest absolute Gasteiger partial charge is 0.367 e. The van der Waals surface area contributed by atoms with E-state index in [4.69, 9.17) is 9.26 Å². The molecule has 1 saturated carbocycles. The van der Waals surface area contributed by atoms with Crippen molar-refractivity contribution < 1.29 is 14.1 Å². The van der Waals surface area contributed by atoms with Crippen molar-refractivity contribution in [1.29, 1.82) is 0 Å². The molecule has 1 aliphatic carbocycles. The fraction of sp³-hybridized carbons (Fsp3) is 0.833. The summed E-state index contributed by atoms with van der Waals surface area (Å²) in [5.74, 6) is 2.19. The van der Waals surface area contributed by atoms with Crippen molar-refractivity contribution in [3.05, 3.63) is 11.7 Å². The molecule has 0 N–H and O–H groups in total. The maximum absolute atomic E-state index is 12.5. The number of rotatable bonds is 6. The van der Waals surface area contributed by atoms with E-state index in [2.05, 4.69) is 10.1 Å². The molecule has 0 spiro atoms. The van der Waals surface area contributed by atoms with E-state index < -0.39 is 0 Å². The van der Waals surface area contributed by atoms with Gasteiger partial charge in [0.15, 0.2) is 5.82 Å². The van der Waals surface area contributed by atoms with E-state index in [9.17, 15) is 4.79 Å². The van der Waals surface area contributed by atoms with Gasteiger partial charge in [-0.3, -0.25) is 4.79 Å². The molecule has 1 aromatic heterocycles. The highest BCUT2D eigenvalue weighted by Crippen LogP contribution is 2.27. The summed E-state index contributed by atoms with van der Waals surface area (Å²) in [4.78, 5) is 18.6. The van der Waals surface area contributed by atoms with E-state index in [1.165, 1.54) is 32.1 Å². The molecular formula is C18H29N3O3. The minimum absolute atomic E-state index is 0.0737. The summed E-state index contributed by atoms with van der Waals surface area (Å²) < 4.78 is 10.9. The van der Waals surface area contributed by atoms with Crippen LogP contribution in [0.4, 0.5) is 0 Å². The lowest BCUT2D eigenvalue weighted by molar-refractivity contribution is -0.136. The fourth-order valence-corrected chi connectivity index (χ4v) is 3.85. The average molecular weight is 335 g/mol. The van der Waals surface area contributed by atoms with Gasteiger partial charge in [0, 0.05) is 19.5 Å².